The van der Waals surface area contributed by atoms with E-state index in [1.807, 2.05) is 61.7 Å². The van der Waals surface area contributed by atoms with Crippen molar-refractivity contribution in [2.75, 3.05) is 18.9 Å². The van der Waals surface area contributed by atoms with E-state index in [0.717, 1.165) is 34.7 Å². The van der Waals surface area contributed by atoms with Crippen LogP contribution in [0.1, 0.15) is 23.9 Å². The van der Waals surface area contributed by atoms with Crippen LogP contribution in [0.2, 0.25) is 0 Å². The fourth-order valence-corrected chi connectivity index (χ4v) is 3.07. The molecule has 0 bridgehead atoms. The second-order valence-electron chi connectivity index (χ2n) is 6.52. The molecule has 2 N–H and O–H groups in total. The van der Waals surface area contributed by atoms with Gasteiger partial charge in [0.1, 0.15) is 0 Å². The Balaban J connectivity index is 1.61. The third-order valence-electron chi connectivity index (χ3n) is 4.34. The Morgan fingerprint density at radius 2 is 2.15 bits per heavy atom. The number of H-pyrrole nitrogens is 1. The maximum Gasteiger partial charge on any atom is 0.238 e. The fraction of sp³-hybridized carbons (Fsp3) is 0.389. The zero-order valence-corrected chi connectivity index (χ0v) is 16.0. The molecule has 0 aliphatic heterocycles. The minimum atomic E-state index is -0.0614. The lowest BCUT2D eigenvalue weighted by molar-refractivity contribution is -0.117. The number of aromatic nitrogens is 6. The number of tetrazole rings is 1. The van der Waals surface area contributed by atoms with E-state index in [9.17, 15) is 4.79 Å². The van der Waals surface area contributed by atoms with Gasteiger partial charge in [-0.15, -0.1) is 10.2 Å². The van der Waals surface area contributed by atoms with Crippen molar-refractivity contribution in [3.8, 4) is 11.4 Å². The number of nitrogens with one attached hydrogen (secondary N) is 2. The van der Waals surface area contributed by atoms with Gasteiger partial charge in [0.2, 0.25) is 11.7 Å². The predicted molar refractivity (Wildman–Crippen MR) is 102 cm³/mol. The van der Waals surface area contributed by atoms with E-state index < -0.39 is 0 Å². The SMILES string of the molecule is CCn1nc(C)c(NC(=O)CN(C)Cc2cccc(-c3nn[nH]n3)c2)c1C. The standard InChI is InChI=1S/C18H24N8O/c1-5-26-13(3)17(12(2)22-26)19-16(27)11-25(4)10-14-7-6-8-15(9-14)18-20-23-24-21-18/h6-9H,5,10-11H2,1-4H3,(H,19,27)(H,20,21,23,24). The summed E-state index contributed by atoms with van der Waals surface area (Å²) in [5.41, 5.74) is 4.56. The number of anilines is 1. The number of benzene rings is 1. The number of likely N-dealkylation sites (N-methyl/N-ethyl adjacent to an activating group) is 1. The lowest BCUT2D eigenvalue weighted by atomic mass is 10.1. The van der Waals surface area contributed by atoms with Crippen LogP contribution >= 0.6 is 0 Å². The van der Waals surface area contributed by atoms with Crippen LogP contribution in [0.15, 0.2) is 24.3 Å². The van der Waals surface area contributed by atoms with E-state index in [0.29, 0.717) is 12.4 Å². The first-order valence-electron chi connectivity index (χ1n) is 8.83. The van der Waals surface area contributed by atoms with Crippen molar-refractivity contribution in [2.45, 2.75) is 33.9 Å². The van der Waals surface area contributed by atoms with Gasteiger partial charge in [0.25, 0.3) is 0 Å². The first-order chi connectivity index (χ1) is 13.0. The molecule has 2 aromatic heterocycles. The number of rotatable bonds is 7. The molecule has 0 aliphatic rings. The highest BCUT2D eigenvalue weighted by atomic mass is 16.2. The highest BCUT2D eigenvalue weighted by molar-refractivity contribution is 5.93. The van der Waals surface area contributed by atoms with E-state index >= 15 is 0 Å². The highest BCUT2D eigenvalue weighted by Gasteiger charge is 2.15. The summed E-state index contributed by atoms with van der Waals surface area (Å²) in [6.07, 6.45) is 0. The van der Waals surface area contributed by atoms with Gasteiger partial charge in [-0.25, -0.2) is 0 Å². The Morgan fingerprint density at radius 1 is 1.33 bits per heavy atom. The molecule has 3 rings (SSSR count). The van der Waals surface area contributed by atoms with Gasteiger partial charge in [-0.1, -0.05) is 18.2 Å². The first kappa shape index (κ1) is 18.7. The van der Waals surface area contributed by atoms with Gasteiger partial charge >= 0.3 is 0 Å². The van der Waals surface area contributed by atoms with Crippen LogP contribution in [-0.4, -0.2) is 54.8 Å². The number of aryl methyl sites for hydroxylation is 2. The van der Waals surface area contributed by atoms with Gasteiger partial charge in [-0.05, 0) is 44.7 Å². The Hall–Kier alpha value is -3.07. The quantitative estimate of drug-likeness (QED) is 0.659. The molecular formula is C18H24N8O. The summed E-state index contributed by atoms with van der Waals surface area (Å²) in [4.78, 5) is 14.4. The summed E-state index contributed by atoms with van der Waals surface area (Å²) >= 11 is 0. The molecule has 1 aromatic carbocycles. The van der Waals surface area contributed by atoms with E-state index in [-0.39, 0.29) is 12.5 Å². The zero-order valence-electron chi connectivity index (χ0n) is 16.0. The lowest BCUT2D eigenvalue weighted by Crippen LogP contribution is -2.30. The smallest absolute Gasteiger partial charge is 0.238 e. The number of amides is 1. The summed E-state index contributed by atoms with van der Waals surface area (Å²) in [6.45, 7) is 7.59. The molecule has 0 spiro atoms. The molecule has 0 saturated heterocycles. The number of hydrogen-bond donors (Lipinski definition) is 2. The monoisotopic (exact) mass is 368 g/mol. The number of hydrogen-bond acceptors (Lipinski definition) is 6. The van der Waals surface area contributed by atoms with Gasteiger partial charge in [0, 0.05) is 18.7 Å². The number of carbonyl (C=O) groups excluding carboxylic acids is 1. The van der Waals surface area contributed by atoms with E-state index in [4.69, 9.17) is 0 Å². The second-order valence-corrected chi connectivity index (χ2v) is 6.52. The third-order valence-corrected chi connectivity index (χ3v) is 4.34. The van der Waals surface area contributed by atoms with Crippen LogP contribution < -0.4 is 5.32 Å². The molecule has 0 radical (unpaired) electrons. The first-order valence-corrected chi connectivity index (χ1v) is 8.83. The van der Waals surface area contributed by atoms with Crippen molar-refractivity contribution >= 4 is 11.6 Å². The molecule has 0 saturated carbocycles. The van der Waals surface area contributed by atoms with Gasteiger partial charge in [-0.2, -0.15) is 10.3 Å². The molecule has 142 valence electrons. The normalized spacial score (nSPS) is 11.1. The Bertz CT molecular complexity index is 916. The van der Waals surface area contributed by atoms with Crippen molar-refractivity contribution in [2.24, 2.45) is 0 Å². The summed E-state index contributed by atoms with van der Waals surface area (Å²) < 4.78 is 1.89. The average Bonchev–Trinajstić information content (AvgIpc) is 3.26. The van der Waals surface area contributed by atoms with Crippen molar-refractivity contribution in [3.05, 3.63) is 41.2 Å². The summed E-state index contributed by atoms with van der Waals surface area (Å²) in [7, 11) is 1.91. The van der Waals surface area contributed by atoms with E-state index in [1.165, 1.54) is 0 Å². The maximum atomic E-state index is 12.4. The van der Waals surface area contributed by atoms with Crippen LogP contribution in [0.5, 0.6) is 0 Å². The number of nitrogens with zero attached hydrogens (tertiary/aromatic N) is 6. The summed E-state index contributed by atoms with van der Waals surface area (Å²) in [5.74, 6) is 0.491. The third kappa shape index (κ3) is 4.37. The topological polar surface area (TPSA) is 105 Å². The molecule has 3 aromatic rings. The van der Waals surface area contributed by atoms with Crippen molar-refractivity contribution in [3.63, 3.8) is 0 Å². The van der Waals surface area contributed by atoms with E-state index in [2.05, 4.69) is 31.0 Å². The van der Waals surface area contributed by atoms with Crippen LogP contribution in [0.4, 0.5) is 5.69 Å². The molecule has 0 fully saturated rings. The Morgan fingerprint density at radius 3 is 2.81 bits per heavy atom. The maximum absolute atomic E-state index is 12.4. The van der Waals surface area contributed by atoms with Crippen molar-refractivity contribution < 1.29 is 4.79 Å². The molecule has 9 heteroatoms. The van der Waals surface area contributed by atoms with E-state index in [1.54, 1.807) is 0 Å². The Kier molecular flexibility index (Phi) is 5.60. The molecule has 0 atom stereocenters. The largest absolute Gasteiger partial charge is 0.322 e. The summed E-state index contributed by atoms with van der Waals surface area (Å²) in [6, 6.07) is 7.88. The van der Waals surface area contributed by atoms with Crippen LogP contribution in [0, 0.1) is 13.8 Å². The van der Waals surface area contributed by atoms with Gasteiger partial charge in [0.15, 0.2) is 0 Å². The van der Waals surface area contributed by atoms with Gasteiger partial charge < -0.3 is 5.32 Å². The summed E-state index contributed by atoms with van der Waals surface area (Å²) in [5, 5.41) is 21.4. The van der Waals surface area contributed by atoms with Crippen molar-refractivity contribution in [1.82, 2.24) is 35.3 Å². The van der Waals surface area contributed by atoms with Crippen LogP contribution in [0.3, 0.4) is 0 Å². The van der Waals surface area contributed by atoms with Crippen LogP contribution in [-0.2, 0) is 17.9 Å². The van der Waals surface area contributed by atoms with Gasteiger partial charge in [0.05, 0.1) is 23.6 Å². The molecule has 2 heterocycles. The minimum Gasteiger partial charge on any atom is -0.322 e. The molecule has 1 amide bonds. The Labute approximate surface area is 157 Å². The predicted octanol–water partition coefficient (Wildman–Crippen LogP) is 1.77. The second kappa shape index (κ2) is 8.09. The molecule has 0 unspecified atom stereocenters. The molecular weight excluding hydrogens is 344 g/mol. The lowest BCUT2D eigenvalue weighted by Gasteiger charge is -2.17. The molecule has 0 aliphatic carbocycles. The van der Waals surface area contributed by atoms with Crippen LogP contribution in [0.25, 0.3) is 11.4 Å². The van der Waals surface area contributed by atoms with Gasteiger partial charge in [-0.3, -0.25) is 14.4 Å². The molecule has 9 nitrogen and oxygen atoms in total. The number of aromatic amines is 1. The minimum absolute atomic E-state index is 0.0614. The highest BCUT2D eigenvalue weighted by Crippen LogP contribution is 2.19. The number of carbonyl (C=O) groups is 1. The van der Waals surface area contributed by atoms with Crippen molar-refractivity contribution in [1.29, 1.82) is 0 Å². The molecule has 27 heavy (non-hydrogen) atoms. The fourth-order valence-electron chi connectivity index (χ4n) is 3.07. The average molecular weight is 368 g/mol. The zero-order chi connectivity index (χ0) is 19.4.